The van der Waals surface area contributed by atoms with Crippen LogP contribution in [-0.2, 0) is 0 Å². The number of nitrogens with one attached hydrogen (secondary N) is 1. The quantitative estimate of drug-likeness (QED) is 0.790. The van der Waals surface area contributed by atoms with Crippen molar-refractivity contribution in [3.8, 4) is 0 Å². The molecular formula is C19H22BrN. The van der Waals surface area contributed by atoms with E-state index >= 15 is 0 Å². The van der Waals surface area contributed by atoms with Crippen LogP contribution in [0.1, 0.15) is 53.5 Å². The molecule has 1 unspecified atom stereocenters. The summed E-state index contributed by atoms with van der Waals surface area (Å²) < 4.78 is 1.15. The number of aryl methyl sites for hydroxylation is 1. The fourth-order valence-corrected chi connectivity index (χ4v) is 3.92. The lowest BCUT2D eigenvalue weighted by molar-refractivity contribution is 0.415. The van der Waals surface area contributed by atoms with Crippen LogP contribution in [0.2, 0.25) is 0 Å². The summed E-state index contributed by atoms with van der Waals surface area (Å²) in [4.78, 5) is 0. The molecule has 0 heterocycles. The summed E-state index contributed by atoms with van der Waals surface area (Å²) in [7, 11) is 2.05. The van der Waals surface area contributed by atoms with Gasteiger partial charge >= 0.3 is 0 Å². The molecule has 3 rings (SSSR count). The third-order valence-corrected chi connectivity index (χ3v) is 5.00. The Bertz CT molecular complexity index is 611. The molecule has 0 aliphatic heterocycles. The Morgan fingerprint density at radius 3 is 2.52 bits per heavy atom. The van der Waals surface area contributed by atoms with Crippen LogP contribution in [0.4, 0.5) is 0 Å². The van der Waals surface area contributed by atoms with Crippen molar-refractivity contribution in [3.05, 3.63) is 69.2 Å². The van der Waals surface area contributed by atoms with E-state index in [9.17, 15) is 0 Å². The molecule has 1 aliphatic rings. The molecule has 21 heavy (non-hydrogen) atoms. The molecule has 0 bridgehead atoms. The zero-order chi connectivity index (χ0) is 14.8. The molecule has 110 valence electrons. The largest absolute Gasteiger partial charge is 0.309 e. The van der Waals surface area contributed by atoms with E-state index in [1.807, 2.05) is 0 Å². The van der Waals surface area contributed by atoms with Crippen molar-refractivity contribution >= 4 is 15.9 Å². The van der Waals surface area contributed by atoms with Gasteiger partial charge in [0.25, 0.3) is 0 Å². The zero-order valence-corrected chi connectivity index (χ0v) is 14.3. The molecule has 2 heteroatoms. The van der Waals surface area contributed by atoms with Crippen molar-refractivity contribution in [2.75, 3.05) is 7.05 Å². The van der Waals surface area contributed by atoms with E-state index in [2.05, 4.69) is 77.7 Å². The minimum absolute atomic E-state index is 0.262. The molecule has 1 saturated carbocycles. The van der Waals surface area contributed by atoms with E-state index in [1.54, 1.807) is 0 Å². The predicted molar refractivity (Wildman–Crippen MR) is 92.8 cm³/mol. The predicted octanol–water partition coefficient (Wildman–Crippen LogP) is 5.33. The van der Waals surface area contributed by atoms with E-state index in [4.69, 9.17) is 0 Å². The number of rotatable bonds is 4. The molecule has 0 radical (unpaired) electrons. The molecule has 1 nitrogen and oxygen atoms in total. The Balaban J connectivity index is 2.03. The lowest BCUT2D eigenvalue weighted by Gasteiger charge is -2.30. The number of hydrogen-bond acceptors (Lipinski definition) is 1. The molecule has 0 spiro atoms. The molecule has 1 N–H and O–H groups in total. The van der Waals surface area contributed by atoms with Crippen LogP contribution in [-0.4, -0.2) is 7.05 Å². The highest BCUT2D eigenvalue weighted by Gasteiger charge is 2.25. The van der Waals surface area contributed by atoms with Crippen molar-refractivity contribution in [3.63, 3.8) is 0 Å². The van der Waals surface area contributed by atoms with E-state index in [0.29, 0.717) is 0 Å². The van der Waals surface area contributed by atoms with Gasteiger partial charge in [0.2, 0.25) is 0 Å². The summed E-state index contributed by atoms with van der Waals surface area (Å²) in [5, 5.41) is 3.51. The van der Waals surface area contributed by atoms with Crippen LogP contribution >= 0.6 is 15.9 Å². The van der Waals surface area contributed by atoms with Crippen LogP contribution in [0.15, 0.2) is 46.9 Å². The van der Waals surface area contributed by atoms with Gasteiger partial charge in [-0.25, -0.2) is 0 Å². The van der Waals surface area contributed by atoms with Crippen LogP contribution in [0.5, 0.6) is 0 Å². The van der Waals surface area contributed by atoms with Crippen molar-refractivity contribution in [2.24, 2.45) is 0 Å². The summed E-state index contributed by atoms with van der Waals surface area (Å²) in [5.41, 5.74) is 5.58. The Kier molecular flexibility index (Phi) is 4.46. The lowest BCUT2D eigenvalue weighted by atomic mass is 9.76. The van der Waals surface area contributed by atoms with E-state index in [1.165, 1.54) is 41.5 Å². The van der Waals surface area contributed by atoms with Gasteiger partial charge in [-0.3, -0.25) is 0 Å². The van der Waals surface area contributed by atoms with Crippen LogP contribution in [0.3, 0.4) is 0 Å². The van der Waals surface area contributed by atoms with Gasteiger partial charge in [0.05, 0.1) is 6.04 Å². The minimum Gasteiger partial charge on any atom is -0.309 e. The average molecular weight is 344 g/mol. The smallest absolute Gasteiger partial charge is 0.0577 e. The molecule has 0 aromatic heterocycles. The van der Waals surface area contributed by atoms with Crippen molar-refractivity contribution in [1.82, 2.24) is 5.32 Å². The fourth-order valence-electron chi connectivity index (χ4n) is 3.30. The van der Waals surface area contributed by atoms with E-state index < -0.39 is 0 Å². The number of benzene rings is 2. The summed E-state index contributed by atoms with van der Waals surface area (Å²) in [5.74, 6) is 0.755. The second-order valence-corrected chi connectivity index (χ2v) is 6.96. The standard InChI is InChI=1S/C19H22BrN/c1-13-10-15(12-16(20)11-13)19(21-2)18-9-4-3-8-17(18)14-6-5-7-14/h3-4,8-12,14,19,21H,5-7H2,1-2H3. The normalized spacial score (nSPS) is 16.5. The SMILES string of the molecule is CNC(c1cc(C)cc(Br)c1)c1ccccc1C1CCC1. The summed E-state index contributed by atoms with van der Waals surface area (Å²) in [6.45, 7) is 2.15. The van der Waals surface area contributed by atoms with Crippen molar-refractivity contribution in [1.29, 1.82) is 0 Å². The monoisotopic (exact) mass is 343 g/mol. The summed E-state index contributed by atoms with van der Waals surface area (Å²) >= 11 is 3.63. The van der Waals surface area contributed by atoms with Gasteiger partial charge in [0.15, 0.2) is 0 Å². The third kappa shape index (κ3) is 3.07. The summed E-state index contributed by atoms with van der Waals surface area (Å²) in [6.07, 6.45) is 4.05. The van der Waals surface area contributed by atoms with Crippen LogP contribution in [0, 0.1) is 6.92 Å². The van der Waals surface area contributed by atoms with E-state index in [-0.39, 0.29) is 6.04 Å². The lowest BCUT2D eigenvalue weighted by Crippen LogP contribution is -2.21. The fraction of sp³-hybridized carbons (Fsp3) is 0.368. The van der Waals surface area contributed by atoms with Gasteiger partial charge in [-0.05, 0) is 67.1 Å². The molecule has 1 fully saturated rings. The van der Waals surface area contributed by atoms with Crippen LogP contribution in [0.25, 0.3) is 0 Å². The van der Waals surface area contributed by atoms with Gasteiger partial charge in [0, 0.05) is 4.47 Å². The molecule has 1 atom stereocenters. The average Bonchev–Trinajstić information content (AvgIpc) is 2.38. The second-order valence-electron chi connectivity index (χ2n) is 6.04. The van der Waals surface area contributed by atoms with Gasteiger partial charge in [-0.2, -0.15) is 0 Å². The number of hydrogen-bond donors (Lipinski definition) is 1. The summed E-state index contributed by atoms with van der Waals surface area (Å²) in [6, 6.07) is 15.9. The molecule has 0 amide bonds. The topological polar surface area (TPSA) is 12.0 Å². The maximum absolute atomic E-state index is 3.63. The van der Waals surface area contributed by atoms with Crippen molar-refractivity contribution < 1.29 is 0 Å². The van der Waals surface area contributed by atoms with Crippen molar-refractivity contribution in [2.45, 2.75) is 38.1 Å². The minimum atomic E-state index is 0.262. The third-order valence-electron chi connectivity index (χ3n) is 4.54. The van der Waals surface area contributed by atoms with Gasteiger partial charge in [-0.1, -0.05) is 52.7 Å². The maximum atomic E-state index is 3.63. The Morgan fingerprint density at radius 2 is 1.90 bits per heavy atom. The highest BCUT2D eigenvalue weighted by molar-refractivity contribution is 9.10. The Labute approximate surface area is 135 Å². The van der Waals surface area contributed by atoms with E-state index in [0.717, 1.165) is 10.4 Å². The van der Waals surface area contributed by atoms with Crippen LogP contribution < -0.4 is 5.32 Å². The highest BCUT2D eigenvalue weighted by Crippen LogP contribution is 2.40. The molecule has 2 aromatic carbocycles. The second kappa shape index (κ2) is 6.33. The number of halogens is 1. The molecule has 1 aliphatic carbocycles. The first-order valence-corrected chi connectivity index (χ1v) is 8.51. The maximum Gasteiger partial charge on any atom is 0.0577 e. The Morgan fingerprint density at radius 1 is 1.14 bits per heavy atom. The first-order valence-electron chi connectivity index (χ1n) is 7.72. The molecule has 2 aromatic rings. The zero-order valence-electron chi connectivity index (χ0n) is 12.7. The molecular weight excluding hydrogens is 322 g/mol. The highest BCUT2D eigenvalue weighted by atomic mass is 79.9. The molecule has 0 saturated heterocycles. The van der Waals surface area contributed by atoms with Gasteiger partial charge in [0.1, 0.15) is 0 Å². The first-order chi connectivity index (χ1) is 10.2. The first kappa shape index (κ1) is 14.8. The van der Waals surface area contributed by atoms with Gasteiger partial charge in [-0.15, -0.1) is 0 Å². The van der Waals surface area contributed by atoms with Gasteiger partial charge < -0.3 is 5.32 Å². The Hall–Kier alpha value is -1.12.